The fourth-order valence-electron chi connectivity index (χ4n) is 1.28. The molecule has 0 fully saturated rings. The number of carbonyl (C=O) groups is 1. The topological polar surface area (TPSA) is 39.1 Å². The van der Waals surface area contributed by atoms with Crippen molar-refractivity contribution < 1.29 is 4.79 Å². The molecule has 0 saturated carbocycles. The van der Waals surface area contributed by atoms with Crippen LogP contribution in [0.5, 0.6) is 0 Å². The minimum Gasteiger partial charge on any atom is -0.315 e. The molecule has 3 nitrogen and oxygen atoms in total. The molecule has 3 heteroatoms. The van der Waals surface area contributed by atoms with E-state index in [-0.39, 0.29) is 11.3 Å². The zero-order valence-corrected chi connectivity index (χ0v) is 8.78. The lowest BCUT2D eigenvalue weighted by Gasteiger charge is -2.08. The van der Waals surface area contributed by atoms with Gasteiger partial charge in [0.05, 0.1) is 0 Å². The van der Waals surface area contributed by atoms with E-state index < -0.39 is 0 Å². The van der Waals surface area contributed by atoms with Gasteiger partial charge in [0, 0.05) is 24.4 Å². The number of Topliss-reactive ketones (excluding diaryl/α,β-unsaturated/α-hetero) is 1. The summed E-state index contributed by atoms with van der Waals surface area (Å²) in [7, 11) is 0. The molecule has 0 unspecified atom stereocenters. The average Bonchev–Trinajstić information content (AvgIpc) is 2.07. The highest BCUT2D eigenvalue weighted by Crippen LogP contribution is 2.00. The summed E-state index contributed by atoms with van der Waals surface area (Å²) in [6, 6.07) is 3.01. The second kappa shape index (κ2) is 4.22. The predicted octanol–water partition coefficient (Wildman–Crippen LogP) is 1.71. The Morgan fingerprint density at radius 3 is 2.57 bits per heavy atom. The normalized spacial score (nSPS) is 10.6. The minimum atomic E-state index is -0.0521. The molecule has 0 aliphatic carbocycles. The van der Waals surface area contributed by atoms with Crippen LogP contribution in [-0.2, 0) is 6.54 Å². The first-order valence-corrected chi connectivity index (χ1v) is 4.72. The predicted molar refractivity (Wildman–Crippen MR) is 55.5 cm³/mol. The third-order valence-corrected chi connectivity index (χ3v) is 1.95. The third kappa shape index (κ3) is 2.55. The second-order valence-electron chi connectivity index (χ2n) is 3.86. The van der Waals surface area contributed by atoms with E-state index in [0.717, 1.165) is 0 Å². The molecule has 0 radical (unpaired) electrons. The molecule has 0 aliphatic heterocycles. The Morgan fingerprint density at radius 1 is 1.43 bits per heavy atom. The lowest BCUT2D eigenvalue weighted by molar-refractivity contribution is 0.101. The zero-order chi connectivity index (χ0) is 10.7. The number of hydrogen-bond acceptors (Lipinski definition) is 2. The number of ketones is 1. The third-order valence-electron chi connectivity index (χ3n) is 1.95. The Labute approximate surface area is 83.4 Å². The van der Waals surface area contributed by atoms with Crippen LogP contribution in [-0.4, -0.2) is 10.4 Å². The molecule has 1 aromatic heterocycles. The first-order chi connectivity index (χ1) is 6.50. The van der Waals surface area contributed by atoms with Crippen LogP contribution in [0.3, 0.4) is 0 Å². The molecule has 0 aliphatic rings. The molecular weight excluding hydrogens is 178 g/mol. The van der Waals surface area contributed by atoms with Crippen molar-refractivity contribution in [1.29, 1.82) is 0 Å². The summed E-state index contributed by atoms with van der Waals surface area (Å²) in [5.41, 5.74) is 0.536. The van der Waals surface area contributed by atoms with Gasteiger partial charge in [-0.25, -0.2) is 0 Å². The summed E-state index contributed by atoms with van der Waals surface area (Å²) in [6.07, 6.45) is 1.63. The van der Waals surface area contributed by atoms with E-state index in [2.05, 4.69) is 0 Å². The average molecular weight is 193 g/mol. The van der Waals surface area contributed by atoms with Crippen LogP contribution < -0.4 is 5.56 Å². The van der Waals surface area contributed by atoms with Crippen molar-refractivity contribution in [3.63, 3.8) is 0 Å². The molecule has 0 spiro atoms. The van der Waals surface area contributed by atoms with Crippen LogP contribution in [0.15, 0.2) is 23.1 Å². The molecule has 0 atom stereocenters. The lowest BCUT2D eigenvalue weighted by Crippen LogP contribution is -2.22. The van der Waals surface area contributed by atoms with Gasteiger partial charge >= 0.3 is 0 Å². The molecule has 0 aromatic carbocycles. The lowest BCUT2D eigenvalue weighted by atomic mass is 10.2. The molecule has 1 heterocycles. The largest absolute Gasteiger partial charge is 0.315 e. The molecule has 0 bridgehead atoms. The molecule has 14 heavy (non-hydrogen) atoms. The Morgan fingerprint density at radius 2 is 2.07 bits per heavy atom. The molecule has 0 saturated heterocycles. The minimum absolute atomic E-state index is 0.0116. The Bertz CT molecular complexity index is 391. The highest BCUT2D eigenvalue weighted by molar-refractivity contribution is 5.93. The smallest absolute Gasteiger partial charge is 0.250 e. The van der Waals surface area contributed by atoms with Crippen molar-refractivity contribution in [2.75, 3.05) is 0 Å². The number of hydrogen-bond donors (Lipinski definition) is 0. The van der Waals surface area contributed by atoms with E-state index in [9.17, 15) is 9.59 Å². The summed E-state index contributed by atoms with van der Waals surface area (Å²) in [5, 5.41) is 0. The number of aromatic nitrogens is 1. The summed E-state index contributed by atoms with van der Waals surface area (Å²) in [5.74, 6) is 0.386. The van der Waals surface area contributed by atoms with Gasteiger partial charge < -0.3 is 4.57 Å². The van der Waals surface area contributed by atoms with Gasteiger partial charge in [-0.1, -0.05) is 13.8 Å². The van der Waals surface area contributed by atoms with Gasteiger partial charge in [0.2, 0.25) is 0 Å². The molecule has 0 N–H and O–H groups in total. The highest BCUT2D eigenvalue weighted by atomic mass is 16.1. The van der Waals surface area contributed by atoms with E-state index in [1.54, 1.807) is 16.8 Å². The van der Waals surface area contributed by atoms with Crippen LogP contribution in [0.2, 0.25) is 0 Å². The van der Waals surface area contributed by atoms with Gasteiger partial charge in [-0.15, -0.1) is 0 Å². The van der Waals surface area contributed by atoms with Crippen LogP contribution in [0.1, 0.15) is 31.1 Å². The molecule has 1 rings (SSSR count). The van der Waals surface area contributed by atoms with Crippen LogP contribution in [0.25, 0.3) is 0 Å². The summed E-state index contributed by atoms with van der Waals surface area (Å²) >= 11 is 0. The fraction of sp³-hybridized carbons (Fsp3) is 0.455. The van der Waals surface area contributed by atoms with E-state index >= 15 is 0 Å². The monoisotopic (exact) mass is 193 g/mol. The number of pyridine rings is 1. The van der Waals surface area contributed by atoms with E-state index in [0.29, 0.717) is 18.0 Å². The molecular formula is C11H15NO2. The van der Waals surface area contributed by atoms with Gasteiger partial charge in [0.1, 0.15) is 0 Å². The first-order valence-electron chi connectivity index (χ1n) is 4.72. The standard InChI is InChI=1S/C11H15NO2/c1-8(2)6-12-7-10(9(3)13)4-5-11(12)14/h4-5,7-8H,6H2,1-3H3. The molecule has 76 valence electrons. The van der Waals surface area contributed by atoms with Gasteiger partial charge in [-0.3, -0.25) is 9.59 Å². The van der Waals surface area contributed by atoms with Gasteiger partial charge in [-0.2, -0.15) is 0 Å². The summed E-state index contributed by atoms with van der Waals surface area (Å²) in [6.45, 7) is 6.22. The first kappa shape index (κ1) is 10.7. The quantitative estimate of drug-likeness (QED) is 0.685. The highest BCUT2D eigenvalue weighted by Gasteiger charge is 2.03. The second-order valence-corrected chi connectivity index (χ2v) is 3.86. The molecule has 1 aromatic rings. The van der Waals surface area contributed by atoms with Crippen molar-refractivity contribution in [1.82, 2.24) is 4.57 Å². The Balaban J connectivity index is 3.08. The maximum Gasteiger partial charge on any atom is 0.250 e. The fourth-order valence-corrected chi connectivity index (χ4v) is 1.28. The molecule has 0 amide bonds. The zero-order valence-electron chi connectivity index (χ0n) is 8.78. The van der Waals surface area contributed by atoms with Gasteiger partial charge in [0.15, 0.2) is 5.78 Å². The number of nitrogens with zero attached hydrogens (tertiary/aromatic N) is 1. The summed E-state index contributed by atoms with van der Waals surface area (Å²) < 4.78 is 1.58. The van der Waals surface area contributed by atoms with Crippen molar-refractivity contribution in [3.8, 4) is 0 Å². The number of carbonyl (C=O) groups excluding carboxylic acids is 1. The SMILES string of the molecule is CC(=O)c1ccc(=O)n(CC(C)C)c1. The van der Waals surface area contributed by atoms with Crippen molar-refractivity contribution in [2.24, 2.45) is 5.92 Å². The Kier molecular flexibility index (Phi) is 3.23. The van der Waals surface area contributed by atoms with E-state index in [1.807, 2.05) is 13.8 Å². The van der Waals surface area contributed by atoms with E-state index in [1.165, 1.54) is 13.0 Å². The van der Waals surface area contributed by atoms with Crippen molar-refractivity contribution in [3.05, 3.63) is 34.2 Å². The van der Waals surface area contributed by atoms with Crippen molar-refractivity contribution >= 4 is 5.78 Å². The van der Waals surface area contributed by atoms with Crippen LogP contribution in [0.4, 0.5) is 0 Å². The van der Waals surface area contributed by atoms with Gasteiger partial charge in [0.25, 0.3) is 5.56 Å². The number of rotatable bonds is 3. The Hall–Kier alpha value is -1.38. The van der Waals surface area contributed by atoms with Crippen molar-refractivity contribution in [2.45, 2.75) is 27.3 Å². The maximum atomic E-state index is 11.4. The van der Waals surface area contributed by atoms with Gasteiger partial charge in [-0.05, 0) is 18.9 Å². The summed E-state index contributed by atoms with van der Waals surface area (Å²) in [4.78, 5) is 22.5. The van der Waals surface area contributed by atoms with Crippen LogP contribution >= 0.6 is 0 Å². The van der Waals surface area contributed by atoms with E-state index in [4.69, 9.17) is 0 Å². The maximum absolute atomic E-state index is 11.4. The van der Waals surface area contributed by atoms with Crippen LogP contribution in [0, 0.1) is 5.92 Å².